The Balaban J connectivity index is 1.44. The fraction of sp³-hybridized carbons (Fsp3) is 0.250. The molecule has 7 nitrogen and oxygen atoms in total. The second-order valence-corrected chi connectivity index (χ2v) is 6.20. The van der Waals surface area contributed by atoms with Gasteiger partial charge < -0.3 is 15.4 Å². The van der Waals surface area contributed by atoms with Crippen molar-refractivity contribution in [2.45, 2.75) is 19.6 Å². The number of halogens is 1. The summed E-state index contributed by atoms with van der Waals surface area (Å²) in [6, 6.07) is 14.0. The zero-order valence-electron chi connectivity index (χ0n) is 15.8. The second-order valence-electron chi connectivity index (χ2n) is 6.20. The first-order valence-electron chi connectivity index (χ1n) is 8.95. The van der Waals surface area contributed by atoms with Gasteiger partial charge in [-0.3, -0.25) is 4.99 Å². The van der Waals surface area contributed by atoms with E-state index >= 15 is 0 Å². The van der Waals surface area contributed by atoms with Crippen molar-refractivity contribution in [3.63, 3.8) is 0 Å². The quantitative estimate of drug-likeness (QED) is 0.485. The van der Waals surface area contributed by atoms with Gasteiger partial charge in [0.05, 0.1) is 12.2 Å². The molecule has 1 unspecified atom stereocenters. The monoisotopic (exact) mass is 382 g/mol. The molecule has 0 aliphatic heterocycles. The number of guanidine groups is 1. The van der Waals surface area contributed by atoms with Crippen molar-refractivity contribution in [3.05, 3.63) is 72.6 Å². The smallest absolute Gasteiger partial charge is 0.191 e. The van der Waals surface area contributed by atoms with Crippen molar-refractivity contribution < 1.29 is 9.13 Å². The topological polar surface area (TPSA) is 76.4 Å². The molecular weight excluding hydrogens is 359 g/mol. The highest BCUT2D eigenvalue weighted by Gasteiger charge is 2.06. The molecule has 0 radical (unpaired) electrons. The van der Waals surface area contributed by atoms with Crippen LogP contribution in [0.3, 0.4) is 0 Å². The molecule has 0 aliphatic rings. The molecule has 3 aromatic rings. The van der Waals surface area contributed by atoms with Crippen molar-refractivity contribution >= 4 is 5.96 Å². The summed E-state index contributed by atoms with van der Waals surface area (Å²) in [5, 5.41) is 10.6. The number of benzene rings is 2. The third kappa shape index (κ3) is 5.54. The van der Waals surface area contributed by atoms with Gasteiger partial charge >= 0.3 is 0 Å². The Morgan fingerprint density at radius 1 is 1.14 bits per heavy atom. The number of ether oxygens (including phenoxy) is 1. The van der Waals surface area contributed by atoms with E-state index in [-0.39, 0.29) is 11.9 Å². The maximum Gasteiger partial charge on any atom is 0.191 e. The Bertz CT molecular complexity index is 878. The molecule has 146 valence electrons. The number of rotatable bonds is 7. The number of hydrogen-bond acceptors (Lipinski definition) is 4. The molecular formula is C20H23FN6O. The third-order valence-corrected chi connectivity index (χ3v) is 4.01. The minimum absolute atomic E-state index is 0.106. The SMILES string of the molecule is CN=C(NCc1ccc(-n2cncn2)cc1)NCC(C)Oc1ccc(F)cc1. The van der Waals surface area contributed by atoms with Gasteiger partial charge in [0.25, 0.3) is 0 Å². The van der Waals surface area contributed by atoms with E-state index < -0.39 is 0 Å². The average Bonchev–Trinajstić information content (AvgIpc) is 3.25. The van der Waals surface area contributed by atoms with Crippen molar-refractivity contribution in [2.24, 2.45) is 4.99 Å². The lowest BCUT2D eigenvalue weighted by atomic mass is 10.2. The van der Waals surface area contributed by atoms with Crippen LogP contribution in [0, 0.1) is 5.82 Å². The van der Waals surface area contributed by atoms with Crippen LogP contribution in [0.1, 0.15) is 12.5 Å². The van der Waals surface area contributed by atoms with E-state index in [4.69, 9.17) is 4.74 Å². The number of aromatic nitrogens is 3. The lowest BCUT2D eigenvalue weighted by Gasteiger charge is -2.18. The summed E-state index contributed by atoms with van der Waals surface area (Å²) in [5.74, 6) is 1.03. The molecule has 0 saturated heterocycles. The molecule has 1 aromatic heterocycles. The van der Waals surface area contributed by atoms with Gasteiger partial charge in [0.15, 0.2) is 5.96 Å². The predicted molar refractivity (Wildman–Crippen MR) is 106 cm³/mol. The van der Waals surface area contributed by atoms with Gasteiger partial charge in [-0.2, -0.15) is 5.10 Å². The normalized spacial score (nSPS) is 12.5. The van der Waals surface area contributed by atoms with Crippen LogP contribution in [0.15, 0.2) is 66.2 Å². The van der Waals surface area contributed by atoms with E-state index in [1.807, 2.05) is 31.2 Å². The number of nitrogens with one attached hydrogen (secondary N) is 2. The highest BCUT2D eigenvalue weighted by Crippen LogP contribution is 2.12. The van der Waals surface area contributed by atoms with Crippen LogP contribution in [-0.4, -0.2) is 40.4 Å². The highest BCUT2D eigenvalue weighted by molar-refractivity contribution is 5.79. The first-order chi connectivity index (χ1) is 13.6. The van der Waals surface area contributed by atoms with Crippen LogP contribution < -0.4 is 15.4 Å². The van der Waals surface area contributed by atoms with E-state index in [1.165, 1.54) is 18.5 Å². The van der Waals surface area contributed by atoms with Crippen molar-refractivity contribution in [1.29, 1.82) is 0 Å². The molecule has 8 heteroatoms. The van der Waals surface area contributed by atoms with E-state index in [2.05, 4.69) is 25.7 Å². The lowest BCUT2D eigenvalue weighted by Crippen LogP contribution is -2.41. The zero-order valence-corrected chi connectivity index (χ0v) is 15.8. The maximum absolute atomic E-state index is 12.9. The van der Waals surface area contributed by atoms with Gasteiger partial charge in [-0.15, -0.1) is 0 Å². The largest absolute Gasteiger partial charge is 0.489 e. The van der Waals surface area contributed by atoms with Crippen LogP contribution in [0.25, 0.3) is 5.69 Å². The van der Waals surface area contributed by atoms with Crippen molar-refractivity contribution in [3.8, 4) is 11.4 Å². The van der Waals surface area contributed by atoms with E-state index in [0.717, 1.165) is 11.3 Å². The van der Waals surface area contributed by atoms with Crippen LogP contribution in [0.2, 0.25) is 0 Å². The second kappa shape index (κ2) is 9.50. The summed E-state index contributed by atoms with van der Waals surface area (Å²) >= 11 is 0. The van der Waals surface area contributed by atoms with Crippen molar-refractivity contribution in [1.82, 2.24) is 25.4 Å². The van der Waals surface area contributed by atoms with Crippen molar-refractivity contribution in [2.75, 3.05) is 13.6 Å². The van der Waals surface area contributed by atoms with Gasteiger partial charge in [0.2, 0.25) is 0 Å². The van der Waals surface area contributed by atoms with Gasteiger partial charge in [-0.1, -0.05) is 12.1 Å². The summed E-state index contributed by atoms with van der Waals surface area (Å²) in [6.07, 6.45) is 3.06. The minimum Gasteiger partial charge on any atom is -0.489 e. The van der Waals surface area contributed by atoms with Crippen LogP contribution in [-0.2, 0) is 6.54 Å². The molecule has 0 bridgehead atoms. The van der Waals surface area contributed by atoms with Crippen LogP contribution in [0.4, 0.5) is 4.39 Å². The van der Waals surface area contributed by atoms with E-state index in [0.29, 0.717) is 24.8 Å². The molecule has 0 amide bonds. The number of hydrogen-bond donors (Lipinski definition) is 2. The average molecular weight is 382 g/mol. The molecule has 0 fully saturated rings. The Kier molecular flexibility index (Phi) is 6.56. The summed E-state index contributed by atoms with van der Waals surface area (Å²) in [5.41, 5.74) is 2.07. The number of nitrogens with zero attached hydrogens (tertiary/aromatic N) is 4. The number of aliphatic imine (C=N–C) groups is 1. The fourth-order valence-electron chi connectivity index (χ4n) is 2.54. The summed E-state index contributed by atoms with van der Waals surface area (Å²) in [7, 11) is 1.72. The maximum atomic E-state index is 12.9. The highest BCUT2D eigenvalue weighted by atomic mass is 19.1. The van der Waals surface area contributed by atoms with Gasteiger partial charge in [0.1, 0.15) is 30.3 Å². The lowest BCUT2D eigenvalue weighted by molar-refractivity contribution is 0.223. The first-order valence-corrected chi connectivity index (χ1v) is 8.95. The van der Waals surface area contributed by atoms with Gasteiger partial charge in [-0.25, -0.2) is 14.1 Å². The van der Waals surface area contributed by atoms with Gasteiger partial charge in [0, 0.05) is 13.6 Å². The standard InChI is InChI=1S/C20H23FN6O/c1-15(28-19-9-5-17(21)6-10-19)11-24-20(22-2)25-12-16-3-7-18(8-4-16)27-14-23-13-26-27/h3-10,13-15H,11-12H2,1-2H3,(H2,22,24,25). The molecule has 0 aliphatic carbocycles. The molecule has 3 rings (SSSR count). The van der Waals surface area contributed by atoms with Gasteiger partial charge in [-0.05, 0) is 48.9 Å². The Morgan fingerprint density at radius 3 is 2.54 bits per heavy atom. The molecule has 28 heavy (non-hydrogen) atoms. The molecule has 2 aromatic carbocycles. The third-order valence-electron chi connectivity index (χ3n) is 4.01. The molecule has 2 N–H and O–H groups in total. The molecule has 0 saturated carbocycles. The Labute approximate surface area is 163 Å². The predicted octanol–water partition coefficient (Wildman–Crippen LogP) is 2.54. The Hall–Kier alpha value is -3.42. The summed E-state index contributed by atoms with van der Waals surface area (Å²) in [4.78, 5) is 8.16. The zero-order chi connectivity index (χ0) is 19.8. The molecule has 1 atom stereocenters. The Morgan fingerprint density at radius 2 is 1.89 bits per heavy atom. The van der Waals surface area contributed by atoms with E-state index in [1.54, 1.807) is 30.2 Å². The van der Waals surface area contributed by atoms with Crippen LogP contribution in [0.5, 0.6) is 5.75 Å². The van der Waals surface area contributed by atoms with Crippen LogP contribution >= 0.6 is 0 Å². The fourth-order valence-corrected chi connectivity index (χ4v) is 2.54. The first kappa shape index (κ1) is 19.3. The minimum atomic E-state index is -0.281. The molecule has 1 heterocycles. The van der Waals surface area contributed by atoms with E-state index in [9.17, 15) is 4.39 Å². The summed E-state index contributed by atoms with van der Waals surface area (Å²) < 4.78 is 20.4. The molecule has 0 spiro atoms. The summed E-state index contributed by atoms with van der Waals surface area (Å²) in [6.45, 7) is 3.12.